The number of anilines is 4. The standard InChI is InChI=1S/C17H23Cl2N7O/c1-20-15-14(26(17(27)21-2)8-7-25(3)4)10-22-16(24-15)23-11-5-6-12(18)13(19)9-11/h5-6,9-10H,7-8H2,1-4H3,(H,21,27)(H2,20,22,23,24). The van der Waals surface area contributed by atoms with Crippen LogP contribution in [0, 0.1) is 0 Å². The van der Waals surface area contributed by atoms with Crippen molar-refractivity contribution in [3.8, 4) is 0 Å². The van der Waals surface area contributed by atoms with Gasteiger partial charge in [0.1, 0.15) is 5.69 Å². The molecule has 0 bridgehead atoms. The number of benzene rings is 1. The highest BCUT2D eigenvalue weighted by molar-refractivity contribution is 6.42. The molecule has 0 saturated carbocycles. The Morgan fingerprint density at radius 2 is 1.89 bits per heavy atom. The Kier molecular flexibility index (Phi) is 7.46. The lowest BCUT2D eigenvalue weighted by atomic mass is 10.3. The molecule has 0 aliphatic carbocycles. The van der Waals surface area contributed by atoms with Gasteiger partial charge in [-0.3, -0.25) is 4.90 Å². The first-order valence-electron chi connectivity index (χ1n) is 8.26. The van der Waals surface area contributed by atoms with Crippen LogP contribution in [0.4, 0.5) is 27.9 Å². The minimum Gasteiger partial charge on any atom is -0.371 e. The maximum absolute atomic E-state index is 12.3. The highest BCUT2D eigenvalue weighted by Crippen LogP contribution is 2.28. The maximum Gasteiger partial charge on any atom is 0.321 e. The summed E-state index contributed by atoms with van der Waals surface area (Å²) in [4.78, 5) is 24.7. The fourth-order valence-electron chi connectivity index (χ4n) is 2.29. The molecule has 2 amide bonds. The van der Waals surface area contributed by atoms with Crippen LogP contribution in [0.15, 0.2) is 24.4 Å². The van der Waals surface area contributed by atoms with Crippen molar-refractivity contribution in [1.29, 1.82) is 0 Å². The number of halogens is 2. The summed E-state index contributed by atoms with van der Waals surface area (Å²) in [5.41, 5.74) is 1.29. The van der Waals surface area contributed by atoms with E-state index in [1.165, 1.54) is 0 Å². The molecule has 0 saturated heterocycles. The molecule has 0 aliphatic rings. The van der Waals surface area contributed by atoms with E-state index in [0.29, 0.717) is 46.3 Å². The average Bonchev–Trinajstić information content (AvgIpc) is 2.65. The number of aromatic nitrogens is 2. The second kappa shape index (κ2) is 9.59. The van der Waals surface area contributed by atoms with Crippen molar-refractivity contribution in [2.24, 2.45) is 0 Å². The van der Waals surface area contributed by atoms with Gasteiger partial charge in [-0.25, -0.2) is 9.78 Å². The van der Waals surface area contributed by atoms with E-state index in [1.54, 1.807) is 43.4 Å². The van der Waals surface area contributed by atoms with Crippen LogP contribution in [0.1, 0.15) is 0 Å². The molecule has 0 atom stereocenters. The van der Waals surface area contributed by atoms with Crippen LogP contribution in [0.25, 0.3) is 0 Å². The van der Waals surface area contributed by atoms with Crippen LogP contribution in [-0.2, 0) is 0 Å². The second-order valence-corrected chi connectivity index (χ2v) is 6.76. The Labute approximate surface area is 168 Å². The summed E-state index contributed by atoms with van der Waals surface area (Å²) in [6, 6.07) is 4.92. The van der Waals surface area contributed by atoms with E-state index >= 15 is 0 Å². The lowest BCUT2D eigenvalue weighted by molar-refractivity contribution is 0.247. The molecule has 2 rings (SSSR count). The van der Waals surface area contributed by atoms with Crippen LogP contribution in [0.3, 0.4) is 0 Å². The predicted molar refractivity (Wildman–Crippen MR) is 112 cm³/mol. The maximum atomic E-state index is 12.3. The molecule has 1 aromatic heterocycles. The number of hydrogen-bond donors (Lipinski definition) is 3. The van der Waals surface area contributed by atoms with Crippen LogP contribution in [0.5, 0.6) is 0 Å². The van der Waals surface area contributed by atoms with Crippen molar-refractivity contribution in [2.75, 3.05) is 56.8 Å². The van der Waals surface area contributed by atoms with Crippen LogP contribution in [-0.4, -0.2) is 62.2 Å². The van der Waals surface area contributed by atoms with Gasteiger partial charge < -0.3 is 20.9 Å². The number of urea groups is 1. The third kappa shape index (κ3) is 5.59. The normalized spacial score (nSPS) is 10.6. The Morgan fingerprint density at radius 1 is 1.15 bits per heavy atom. The summed E-state index contributed by atoms with van der Waals surface area (Å²) in [5, 5.41) is 9.64. The molecule has 2 aromatic rings. The van der Waals surface area contributed by atoms with E-state index in [0.717, 1.165) is 0 Å². The lowest BCUT2D eigenvalue weighted by Crippen LogP contribution is -2.42. The number of amides is 2. The number of hydrogen-bond acceptors (Lipinski definition) is 6. The zero-order valence-corrected chi connectivity index (χ0v) is 17.2. The molecule has 1 aromatic carbocycles. The van der Waals surface area contributed by atoms with Crippen molar-refractivity contribution in [1.82, 2.24) is 20.2 Å². The first-order valence-corrected chi connectivity index (χ1v) is 9.02. The van der Waals surface area contributed by atoms with Gasteiger partial charge in [0.15, 0.2) is 5.82 Å². The number of carbonyl (C=O) groups excluding carboxylic acids is 1. The summed E-state index contributed by atoms with van der Waals surface area (Å²) >= 11 is 12.0. The molecule has 0 radical (unpaired) electrons. The molecule has 1 heterocycles. The predicted octanol–water partition coefficient (Wildman–Crippen LogP) is 3.28. The van der Waals surface area contributed by atoms with Crippen molar-refractivity contribution in [2.45, 2.75) is 0 Å². The third-order valence-electron chi connectivity index (χ3n) is 3.70. The van der Waals surface area contributed by atoms with Crippen molar-refractivity contribution in [3.63, 3.8) is 0 Å². The molecule has 0 spiro atoms. The number of rotatable bonds is 7. The van der Waals surface area contributed by atoms with Crippen LogP contribution >= 0.6 is 23.2 Å². The Balaban J connectivity index is 2.29. The summed E-state index contributed by atoms with van der Waals surface area (Å²) in [6.45, 7) is 1.18. The smallest absolute Gasteiger partial charge is 0.321 e. The minimum atomic E-state index is -0.234. The molecule has 27 heavy (non-hydrogen) atoms. The van der Waals surface area contributed by atoms with Crippen molar-refractivity contribution in [3.05, 3.63) is 34.4 Å². The summed E-state index contributed by atoms with van der Waals surface area (Å²) in [7, 11) is 7.22. The summed E-state index contributed by atoms with van der Waals surface area (Å²) < 4.78 is 0. The van der Waals surface area contributed by atoms with Gasteiger partial charge in [0.25, 0.3) is 0 Å². The molecule has 0 fully saturated rings. The fraction of sp³-hybridized carbons (Fsp3) is 0.353. The van der Waals surface area contributed by atoms with E-state index in [1.807, 2.05) is 19.0 Å². The Morgan fingerprint density at radius 3 is 2.48 bits per heavy atom. The van der Waals surface area contributed by atoms with Gasteiger partial charge in [-0.15, -0.1) is 0 Å². The monoisotopic (exact) mass is 411 g/mol. The van der Waals surface area contributed by atoms with Gasteiger partial charge in [0.05, 0.1) is 16.2 Å². The number of carbonyl (C=O) groups is 1. The van der Waals surface area contributed by atoms with E-state index < -0.39 is 0 Å². The van der Waals surface area contributed by atoms with E-state index in [2.05, 4.69) is 25.9 Å². The molecule has 8 nitrogen and oxygen atoms in total. The molecule has 10 heteroatoms. The molecule has 146 valence electrons. The van der Waals surface area contributed by atoms with Gasteiger partial charge in [0.2, 0.25) is 5.95 Å². The molecular weight excluding hydrogens is 389 g/mol. The SMILES string of the molecule is CNC(=O)N(CCN(C)C)c1cnc(Nc2ccc(Cl)c(Cl)c2)nc1NC. The van der Waals surface area contributed by atoms with E-state index in [9.17, 15) is 4.79 Å². The zero-order valence-electron chi connectivity index (χ0n) is 15.7. The lowest BCUT2D eigenvalue weighted by Gasteiger charge is -2.25. The zero-order chi connectivity index (χ0) is 20.0. The molecular formula is C17H23Cl2N7O. The van der Waals surface area contributed by atoms with Gasteiger partial charge >= 0.3 is 6.03 Å². The van der Waals surface area contributed by atoms with E-state index in [-0.39, 0.29) is 6.03 Å². The molecule has 0 unspecified atom stereocenters. The fourth-order valence-corrected chi connectivity index (χ4v) is 2.58. The van der Waals surface area contributed by atoms with Gasteiger partial charge in [-0.2, -0.15) is 4.98 Å². The highest BCUT2D eigenvalue weighted by Gasteiger charge is 2.19. The number of nitrogens with one attached hydrogen (secondary N) is 3. The second-order valence-electron chi connectivity index (χ2n) is 5.94. The van der Waals surface area contributed by atoms with Crippen molar-refractivity contribution >= 4 is 52.4 Å². The Hall–Kier alpha value is -2.29. The topological polar surface area (TPSA) is 85.4 Å². The van der Waals surface area contributed by atoms with Crippen molar-refractivity contribution < 1.29 is 4.79 Å². The first-order chi connectivity index (χ1) is 12.8. The molecule has 0 aliphatic heterocycles. The van der Waals surface area contributed by atoms with Gasteiger partial charge in [-0.1, -0.05) is 23.2 Å². The van der Waals surface area contributed by atoms with Crippen LogP contribution < -0.4 is 20.9 Å². The summed E-state index contributed by atoms with van der Waals surface area (Å²) in [6.07, 6.45) is 1.60. The highest BCUT2D eigenvalue weighted by atomic mass is 35.5. The number of nitrogens with zero attached hydrogens (tertiary/aromatic N) is 4. The quantitative estimate of drug-likeness (QED) is 0.647. The first kappa shape index (κ1) is 21.0. The number of likely N-dealkylation sites (N-methyl/N-ethyl adjacent to an activating group) is 1. The minimum absolute atomic E-state index is 0.234. The van der Waals surface area contributed by atoms with Gasteiger partial charge in [0, 0.05) is 32.9 Å². The summed E-state index contributed by atoms with van der Waals surface area (Å²) in [5.74, 6) is 0.890. The Bertz CT molecular complexity index is 801. The van der Waals surface area contributed by atoms with E-state index in [4.69, 9.17) is 23.2 Å². The van der Waals surface area contributed by atoms with Gasteiger partial charge in [-0.05, 0) is 32.3 Å². The third-order valence-corrected chi connectivity index (χ3v) is 4.44. The average molecular weight is 412 g/mol. The largest absolute Gasteiger partial charge is 0.371 e. The van der Waals surface area contributed by atoms with Crippen LogP contribution in [0.2, 0.25) is 10.0 Å². The molecule has 3 N–H and O–H groups in total.